The van der Waals surface area contributed by atoms with Gasteiger partial charge in [-0.05, 0) is 30.5 Å². The van der Waals surface area contributed by atoms with E-state index in [0.29, 0.717) is 18.4 Å². The number of benzene rings is 1. The van der Waals surface area contributed by atoms with Gasteiger partial charge in [0.05, 0.1) is 5.56 Å². The molecule has 2 heterocycles. The van der Waals surface area contributed by atoms with Crippen LogP contribution in [0, 0.1) is 0 Å². The number of alkyl halides is 4. The molecule has 2 saturated heterocycles. The van der Waals surface area contributed by atoms with E-state index in [0.717, 1.165) is 25.0 Å². The third kappa shape index (κ3) is 2.36. The highest BCUT2D eigenvalue weighted by Gasteiger charge is 2.45. The van der Waals surface area contributed by atoms with Crippen LogP contribution in [0.3, 0.4) is 0 Å². The lowest BCUT2D eigenvalue weighted by Gasteiger charge is -2.35. The van der Waals surface area contributed by atoms with Crippen molar-refractivity contribution in [3.63, 3.8) is 0 Å². The van der Waals surface area contributed by atoms with Gasteiger partial charge in [-0.15, -0.1) is 0 Å². The van der Waals surface area contributed by atoms with Crippen LogP contribution in [0.15, 0.2) is 24.3 Å². The molecule has 104 valence electrons. The maximum atomic E-state index is 15.0. The molecule has 2 fully saturated rings. The average molecular weight is 273 g/mol. The van der Waals surface area contributed by atoms with Crippen LogP contribution in [0.4, 0.5) is 17.6 Å². The van der Waals surface area contributed by atoms with Crippen LogP contribution >= 0.6 is 0 Å². The minimum absolute atomic E-state index is 0.158. The lowest BCUT2D eigenvalue weighted by molar-refractivity contribution is -0.137. The predicted octanol–water partition coefficient (Wildman–Crippen LogP) is 3.78. The summed E-state index contributed by atoms with van der Waals surface area (Å²) in [6.07, 6.45) is -1.74. The molecule has 19 heavy (non-hydrogen) atoms. The van der Waals surface area contributed by atoms with Gasteiger partial charge in [-0.3, -0.25) is 0 Å². The molecule has 2 unspecified atom stereocenters. The van der Waals surface area contributed by atoms with Crippen LogP contribution in [0.1, 0.15) is 36.8 Å². The number of nitrogens with one attached hydrogen (secondary N) is 1. The molecule has 2 bridgehead atoms. The van der Waals surface area contributed by atoms with Gasteiger partial charge in [0.2, 0.25) is 0 Å². The molecule has 1 aromatic rings. The average Bonchev–Trinajstić information content (AvgIpc) is 2.68. The number of rotatable bonds is 1. The first-order chi connectivity index (χ1) is 8.87. The summed E-state index contributed by atoms with van der Waals surface area (Å²) in [5.41, 5.74) is -1.84. The van der Waals surface area contributed by atoms with Crippen molar-refractivity contribution < 1.29 is 17.6 Å². The van der Waals surface area contributed by atoms with Crippen LogP contribution in [-0.2, 0) is 11.8 Å². The highest BCUT2D eigenvalue weighted by Crippen LogP contribution is 2.44. The van der Waals surface area contributed by atoms with Crippen molar-refractivity contribution >= 4 is 0 Å². The van der Waals surface area contributed by atoms with E-state index in [4.69, 9.17) is 0 Å². The minimum Gasteiger partial charge on any atom is -0.311 e. The van der Waals surface area contributed by atoms with E-state index in [9.17, 15) is 17.6 Å². The Balaban J connectivity index is 1.86. The maximum absolute atomic E-state index is 15.0. The summed E-state index contributed by atoms with van der Waals surface area (Å²) in [6, 6.07) is 4.83. The van der Waals surface area contributed by atoms with Gasteiger partial charge in [0.25, 0.3) is 0 Å². The summed E-state index contributed by atoms with van der Waals surface area (Å²) >= 11 is 0. The highest BCUT2D eigenvalue weighted by atomic mass is 19.4. The third-order valence-corrected chi connectivity index (χ3v) is 4.20. The molecule has 5 heteroatoms. The first kappa shape index (κ1) is 12.9. The zero-order valence-electron chi connectivity index (χ0n) is 10.3. The fourth-order valence-electron chi connectivity index (χ4n) is 3.28. The Morgan fingerprint density at radius 1 is 1.00 bits per heavy atom. The van der Waals surface area contributed by atoms with Crippen molar-refractivity contribution in [2.24, 2.45) is 0 Å². The maximum Gasteiger partial charge on any atom is 0.416 e. The largest absolute Gasteiger partial charge is 0.416 e. The number of halogens is 4. The Labute approximate surface area is 109 Å². The molecule has 0 saturated carbocycles. The summed E-state index contributed by atoms with van der Waals surface area (Å²) in [6.45, 7) is 0. The molecule has 0 radical (unpaired) electrons. The van der Waals surface area contributed by atoms with Crippen LogP contribution in [0.5, 0.6) is 0 Å². The van der Waals surface area contributed by atoms with E-state index in [1.54, 1.807) is 0 Å². The number of hydrogen-bond donors (Lipinski definition) is 1. The van der Waals surface area contributed by atoms with Crippen LogP contribution < -0.4 is 5.32 Å². The minimum atomic E-state index is -4.37. The van der Waals surface area contributed by atoms with Gasteiger partial charge in [-0.25, -0.2) is 4.39 Å². The summed E-state index contributed by atoms with van der Waals surface area (Å²) in [4.78, 5) is 0. The third-order valence-electron chi connectivity index (χ3n) is 4.20. The Morgan fingerprint density at radius 2 is 1.53 bits per heavy atom. The lowest BCUT2D eigenvalue weighted by Crippen LogP contribution is -2.44. The Bertz CT molecular complexity index is 453. The summed E-state index contributed by atoms with van der Waals surface area (Å²) in [7, 11) is 0. The van der Waals surface area contributed by atoms with E-state index in [1.807, 2.05) is 0 Å². The molecule has 1 aromatic carbocycles. The van der Waals surface area contributed by atoms with E-state index in [2.05, 4.69) is 5.32 Å². The van der Waals surface area contributed by atoms with Crippen molar-refractivity contribution in [2.75, 3.05) is 0 Å². The molecule has 0 aliphatic carbocycles. The topological polar surface area (TPSA) is 12.0 Å². The monoisotopic (exact) mass is 273 g/mol. The van der Waals surface area contributed by atoms with Crippen molar-refractivity contribution in [3.05, 3.63) is 35.4 Å². The smallest absolute Gasteiger partial charge is 0.311 e. The Kier molecular flexibility index (Phi) is 2.85. The molecule has 1 N–H and O–H groups in total. The molecule has 0 aromatic heterocycles. The SMILES string of the molecule is FC(F)(F)c1ccc(C2(F)CC3CCC(C2)N3)cc1. The molecule has 2 aliphatic rings. The molecule has 0 amide bonds. The predicted molar refractivity (Wildman–Crippen MR) is 63.4 cm³/mol. The number of hydrogen-bond acceptors (Lipinski definition) is 1. The second-order valence-corrected chi connectivity index (χ2v) is 5.59. The van der Waals surface area contributed by atoms with E-state index in [-0.39, 0.29) is 12.1 Å². The summed E-state index contributed by atoms with van der Waals surface area (Å²) < 4.78 is 52.4. The Hall–Kier alpha value is -1.10. The van der Waals surface area contributed by atoms with Crippen molar-refractivity contribution in [3.8, 4) is 0 Å². The van der Waals surface area contributed by atoms with Gasteiger partial charge < -0.3 is 5.32 Å². The van der Waals surface area contributed by atoms with Crippen molar-refractivity contribution in [1.82, 2.24) is 5.32 Å². The van der Waals surface area contributed by atoms with Gasteiger partial charge in [-0.1, -0.05) is 12.1 Å². The molecular weight excluding hydrogens is 258 g/mol. The second-order valence-electron chi connectivity index (χ2n) is 5.59. The molecule has 1 nitrogen and oxygen atoms in total. The van der Waals surface area contributed by atoms with Crippen LogP contribution in [0.2, 0.25) is 0 Å². The van der Waals surface area contributed by atoms with Crippen molar-refractivity contribution in [2.45, 2.75) is 49.6 Å². The number of fused-ring (bicyclic) bond motifs is 2. The molecular formula is C14H15F4N. The summed E-state index contributed by atoms with van der Waals surface area (Å²) in [5.74, 6) is 0. The molecule has 2 atom stereocenters. The lowest BCUT2D eigenvalue weighted by atomic mass is 9.83. The van der Waals surface area contributed by atoms with Crippen molar-refractivity contribution in [1.29, 1.82) is 0 Å². The molecule has 0 spiro atoms. The van der Waals surface area contributed by atoms with E-state index in [1.165, 1.54) is 12.1 Å². The van der Waals surface area contributed by atoms with Gasteiger partial charge in [0, 0.05) is 24.9 Å². The Morgan fingerprint density at radius 3 is 2.00 bits per heavy atom. The van der Waals surface area contributed by atoms with Gasteiger partial charge in [-0.2, -0.15) is 13.2 Å². The zero-order valence-corrected chi connectivity index (χ0v) is 10.3. The normalized spacial score (nSPS) is 34.5. The van der Waals surface area contributed by atoms with Gasteiger partial charge in [0.15, 0.2) is 0 Å². The fourth-order valence-corrected chi connectivity index (χ4v) is 3.28. The van der Waals surface area contributed by atoms with Gasteiger partial charge >= 0.3 is 6.18 Å². The number of piperidine rings is 1. The summed E-state index contributed by atoms with van der Waals surface area (Å²) in [5, 5.41) is 3.33. The quantitative estimate of drug-likeness (QED) is 0.768. The van der Waals surface area contributed by atoms with Crippen LogP contribution in [-0.4, -0.2) is 12.1 Å². The van der Waals surface area contributed by atoms with Crippen LogP contribution in [0.25, 0.3) is 0 Å². The van der Waals surface area contributed by atoms with Gasteiger partial charge in [0.1, 0.15) is 5.67 Å². The highest BCUT2D eigenvalue weighted by molar-refractivity contribution is 5.30. The first-order valence-corrected chi connectivity index (χ1v) is 6.49. The molecule has 3 rings (SSSR count). The van der Waals surface area contributed by atoms with E-state index >= 15 is 0 Å². The fraction of sp³-hybridized carbons (Fsp3) is 0.571. The zero-order chi connectivity index (χ0) is 13.7. The first-order valence-electron chi connectivity index (χ1n) is 6.49. The molecule has 2 aliphatic heterocycles. The van der Waals surface area contributed by atoms with E-state index < -0.39 is 17.4 Å². The second kappa shape index (κ2) is 4.20. The standard InChI is InChI=1S/C14H15F4N/c15-13(7-11-5-6-12(8-13)19-11)9-1-3-10(4-2-9)14(16,17)18/h1-4,11-12,19H,5-8H2.